The van der Waals surface area contributed by atoms with Crippen molar-refractivity contribution in [2.24, 2.45) is 0 Å². The van der Waals surface area contributed by atoms with Gasteiger partial charge in [-0.1, -0.05) is 0 Å². The number of amides is 1. The molecule has 1 fully saturated rings. The van der Waals surface area contributed by atoms with Gasteiger partial charge in [0, 0.05) is 17.5 Å². The molecule has 0 saturated carbocycles. The summed E-state index contributed by atoms with van der Waals surface area (Å²) in [5.74, 6) is -0.264. The number of halogens is 3. The summed E-state index contributed by atoms with van der Waals surface area (Å²) in [5, 5.41) is 15.4. The number of rotatable bonds is 3. The van der Waals surface area contributed by atoms with Crippen LogP contribution in [0, 0.1) is 0 Å². The van der Waals surface area contributed by atoms with Crippen molar-refractivity contribution >= 4 is 17.2 Å². The van der Waals surface area contributed by atoms with Gasteiger partial charge in [-0.05, 0) is 23.1 Å². The predicted octanol–water partition coefficient (Wildman–Crippen LogP) is 1.74. The van der Waals surface area contributed by atoms with Crippen LogP contribution in [-0.4, -0.2) is 50.3 Å². The average Bonchev–Trinajstić information content (AvgIpc) is 3.09. The lowest BCUT2D eigenvalue weighted by Crippen LogP contribution is -2.37. The van der Waals surface area contributed by atoms with Crippen LogP contribution in [0.4, 0.5) is 13.2 Å². The maximum absolute atomic E-state index is 12.4. The van der Waals surface area contributed by atoms with Gasteiger partial charge in [0.1, 0.15) is 6.54 Å². The summed E-state index contributed by atoms with van der Waals surface area (Å²) in [4.78, 5) is 13.9. The molecule has 3 heterocycles. The van der Waals surface area contributed by atoms with Crippen LogP contribution in [0.1, 0.15) is 12.5 Å². The fraction of sp³-hybridized carbons (Fsp3) is 0.455. The molecule has 0 aromatic carbocycles. The fourth-order valence-electron chi connectivity index (χ4n) is 2.17. The first kappa shape index (κ1) is 14.0. The zero-order chi connectivity index (χ0) is 15.0. The second-order valence-electron chi connectivity index (χ2n) is 4.62. The van der Waals surface area contributed by atoms with Crippen molar-refractivity contribution in [3.63, 3.8) is 0 Å². The average molecular weight is 317 g/mol. The van der Waals surface area contributed by atoms with Gasteiger partial charge in [-0.25, -0.2) is 0 Å². The Kier molecular flexibility index (Phi) is 3.40. The Morgan fingerprint density at radius 3 is 2.90 bits per heavy atom. The molecule has 1 aliphatic rings. The van der Waals surface area contributed by atoms with Crippen molar-refractivity contribution in [1.29, 1.82) is 0 Å². The van der Waals surface area contributed by atoms with E-state index >= 15 is 0 Å². The first-order valence-corrected chi connectivity index (χ1v) is 7.06. The summed E-state index contributed by atoms with van der Waals surface area (Å²) in [6.45, 7) is -1.20. The molecular formula is C11H10F3N5OS. The topological polar surface area (TPSA) is 63.9 Å². The van der Waals surface area contributed by atoms with E-state index in [1.54, 1.807) is 6.07 Å². The van der Waals surface area contributed by atoms with Crippen LogP contribution < -0.4 is 0 Å². The lowest BCUT2D eigenvalue weighted by molar-refractivity contribution is -0.158. The molecule has 0 unspecified atom stereocenters. The van der Waals surface area contributed by atoms with Crippen molar-refractivity contribution in [3.05, 3.63) is 16.8 Å². The van der Waals surface area contributed by atoms with Crippen LogP contribution in [0.15, 0.2) is 16.8 Å². The summed E-state index contributed by atoms with van der Waals surface area (Å²) < 4.78 is 37.1. The highest BCUT2D eigenvalue weighted by Crippen LogP contribution is 2.26. The summed E-state index contributed by atoms with van der Waals surface area (Å²) in [6.07, 6.45) is -4.16. The van der Waals surface area contributed by atoms with Gasteiger partial charge in [0.25, 0.3) is 0 Å². The molecule has 0 radical (unpaired) electrons. The summed E-state index contributed by atoms with van der Waals surface area (Å²) >= 11 is 1.47. The number of tetrazole rings is 1. The highest BCUT2D eigenvalue weighted by molar-refractivity contribution is 7.08. The third kappa shape index (κ3) is 2.89. The van der Waals surface area contributed by atoms with Crippen LogP contribution >= 0.6 is 11.3 Å². The smallest absolute Gasteiger partial charge is 0.332 e. The largest absolute Gasteiger partial charge is 0.406 e. The molecule has 0 spiro atoms. The molecule has 0 aliphatic carbocycles. The fourth-order valence-corrected chi connectivity index (χ4v) is 2.81. The normalized spacial score (nSPS) is 19.5. The number of thiophene rings is 1. The molecule has 1 amide bonds. The maximum Gasteiger partial charge on any atom is 0.406 e. The number of alkyl halides is 3. The number of aromatic nitrogens is 4. The summed E-state index contributed by atoms with van der Waals surface area (Å²) in [6, 6.07) is 0.991. The van der Waals surface area contributed by atoms with E-state index in [0.717, 1.165) is 15.3 Å². The molecule has 3 rings (SSSR count). The summed E-state index contributed by atoms with van der Waals surface area (Å²) in [7, 11) is 0. The third-order valence-electron chi connectivity index (χ3n) is 3.13. The zero-order valence-corrected chi connectivity index (χ0v) is 11.4. The Morgan fingerprint density at radius 2 is 2.24 bits per heavy atom. The number of nitrogens with zero attached hydrogens (tertiary/aromatic N) is 5. The van der Waals surface area contributed by atoms with Gasteiger partial charge in [0.2, 0.25) is 11.7 Å². The highest BCUT2D eigenvalue weighted by atomic mass is 32.1. The lowest BCUT2D eigenvalue weighted by Gasteiger charge is -2.17. The lowest BCUT2D eigenvalue weighted by atomic mass is 10.3. The standard InChI is InChI=1S/C11H10F3N5OS/c12-11(13,14)6-18-3-1-8(10(18)20)19-16-9(15-17-19)7-2-4-21-5-7/h2,4-5,8H,1,3,6H2/t8-/m0/s1. The monoisotopic (exact) mass is 317 g/mol. The quantitative estimate of drug-likeness (QED) is 0.865. The van der Waals surface area contributed by atoms with Gasteiger partial charge in [0.05, 0.1) is 0 Å². The van der Waals surface area contributed by atoms with Gasteiger partial charge < -0.3 is 4.90 Å². The van der Waals surface area contributed by atoms with Gasteiger partial charge >= 0.3 is 6.18 Å². The van der Waals surface area contributed by atoms with Crippen LogP contribution in [-0.2, 0) is 4.79 Å². The van der Waals surface area contributed by atoms with Crippen molar-refractivity contribution in [3.8, 4) is 11.4 Å². The molecule has 1 aliphatic heterocycles. The molecule has 6 nitrogen and oxygen atoms in total. The Hall–Kier alpha value is -1.97. The van der Waals surface area contributed by atoms with E-state index in [1.165, 1.54) is 11.3 Å². The number of hydrogen-bond donors (Lipinski definition) is 0. The molecule has 2 aromatic rings. The molecule has 0 N–H and O–H groups in total. The predicted molar refractivity (Wildman–Crippen MR) is 67.4 cm³/mol. The SMILES string of the molecule is O=C1[C@@H](n2nnc(-c3ccsc3)n2)CCN1CC(F)(F)F. The third-order valence-corrected chi connectivity index (χ3v) is 3.81. The number of hydrogen-bond acceptors (Lipinski definition) is 5. The molecule has 1 saturated heterocycles. The van der Waals surface area contributed by atoms with E-state index in [2.05, 4.69) is 15.4 Å². The van der Waals surface area contributed by atoms with Crippen molar-refractivity contribution in [2.45, 2.75) is 18.6 Å². The second-order valence-corrected chi connectivity index (χ2v) is 5.40. The zero-order valence-electron chi connectivity index (χ0n) is 10.6. The maximum atomic E-state index is 12.4. The van der Waals surface area contributed by atoms with E-state index in [-0.39, 0.29) is 13.0 Å². The van der Waals surface area contributed by atoms with E-state index in [4.69, 9.17) is 0 Å². The van der Waals surface area contributed by atoms with Crippen LogP contribution in [0.3, 0.4) is 0 Å². The first-order chi connectivity index (χ1) is 9.94. The van der Waals surface area contributed by atoms with E-state index < -0.39 is 24.7 Å². The number of carbonyl (C=O) groups excluding carboxylic acids is 1. The van der Waals surface area contributed by atoms with Crippen molar-refractivity contribution in [1.82, 2.24) is 25.1 Å². The van der Waals surface area contributed by atoms with Crippen LogP contribution in [0.5, 0.6) is 0 Å². The summed E-state index contributed by atoms with van der Waals surface area (Å²) in [5.41, 5.74) is 0.767. The van der Waals surface area contributed by atoms with Gasteiger partial charge in [-0.3, -0.25) is 4.79 Å². The van der Waals surface area contributed by atoms with Crippen molar-refractivity contribution < 1.29 is 18.0 Å². The van der Waals surface area contributed by atoms with E-state index in [9.17, 15) is 18.0 Å². The minimum atomic E-state index is -4.40. The molecular weight excluding hydrogens is 307 g/mol. The van der Waals surface area contributed by atoms with Gasteiger partial charge in [0.15, 0.2) is 6.04 Å². The van der Waals surface area contributed by atoms with E-state index in [0.29, 0.717) is 5.82 Å². The molecule has 10 heteroatoms. The molecule has 0 bridgehead atoms. The molecule has 1 atom stereocenters. The molecule has 21 heavy (non-hydrogen) atoms. The number of likely N-dealkylation sites (tertiary alicyclic amines) is 1. The molecule has 112 valence electrons. The van der Waals surface area contributed by atoms with Crippen LogP contribution in [0.25, 0.3) is 11.4 Å². The number of carbonyl (C=O) groups is 1. The highest BCUT2D eigenvalue weighted by Gasteiger charge is 2.41. The Labute approximate surface area is 121 Å². The molecule has 2 aromatic heterocycles. The Balaban J connectivity index is 1.75. The second kappa shape index (κ2) is 5.10. The minimum Gasteiger partial charge on any atom is -0.332 e. The Morgan fingerprint density at radius 1 is 1.43 bits per heavy atom. The van der Waals surface area contributed by atoms with Crippen molar-refractivity contribution in [2.75, 3.05) is 13.1 Å². The van der Waals surface area contributed by atoms with Gasteiger partial charge in [-0.2, -0.15) is 29.3 Å². The van der Waals surface area contributed by atoms with E-state index in [1.807, 2.05) is 10.8 Å². The first-order valence-electron chi connectivity index (χ1n) is 6.12. The van der Waals surface area contributed by atoms with Crippen LogP contribution in [0.2, 0.25) is 0 Å². The Bertz CT molecular complexity index is 639. The minimum absolute atomic E-state index is 0.0400. The van der Waals surface area contributed by atoms with Gasteiger partial charge in [-0.15, -0.1) is 10.2 Å².